The van der Waals surface area contributed by atoms with Gasteiger partial charge in [-0.3, -0.25) is 14.8 Å². The van der Waals surface area contributed by atoms with Crippen molar-refractivity contribution < 1.29 is 4.79 Å². The van der Waals surface area contributed by atoms with Crippen molar-refractivity contribution >= 4 is 28.3 Å². The van der Waals surface area contributed by atoms with E-state index in [9.17, 15) is 4.79 Å². The summed E-state index contributed by atoms with van der Waals surface area (Å²) in [5, 5.41) is 1.23. The van der Waals surface area contributed by atoms with E-state index in [-0.39, 0.29) is 6.04 Å². The maximum Gasteiger partial charge on any atom is 0.319 e. The van der Waals surface area contributed by atoms with Crippen molar-refractivity contribution in [2.45, 2.75) is 33.2 Å². The molecule has 6 nitrogen and oxygen atoms in total. The lowest BCUT2D eigenvalue weighted by atomic mass is 10.1. The quantitative estimate of drug-likeness (QED) is 0.635. The highest BCUT2D eigenvalue weighted by Gasteiger charge is 2.20. The van der Waals surface area contributed by atoms with Crippen LogP contribution in [0.1, 0.15) is 25.1 Å². The molecule has 1 saturated heterocycles. The molecule has 0 radical (unpaired) electrons. The fraction of sp³-hybridized carbons (Fsp3) is 0.385. The van der Waals surface area contributed by atoms with E-state index >= 15 is 0 Å². The molecule has 3 aromatic rings. The van der Waals surface area contributed by atoms with E-state index in [1.54, 1.807) is 4.90 Å². The van der Waals surface area contributed by atoms with Crippen molar-refractivity contribution in [3.8, 4) is 0 Å². The van der Waals surface area contributed by atoms with E-state index in [0.29, 0.717) is 0 Å². The van der Waals surface area contributed by atoms with Gasteiger partial charge in [0.05, 0.1) is 5.52 Å². The van der Waals surface area contributed by atoms with Gasteiger partial charge in [-0.2, -0.15) is 0 Å². The Morgan fingerprint density at radius 2 is 1.81 bits per heavy atom. The number of rotatable bonds is 6. The lowest BCUT2D eigenvalue weighted by molar-refractivity contribution is 0.252. The largest absolute Gasteiger partial charge is 0.368 e. The number of carbonyl (C=O) groups is 1. The van der Waals surface area contributed by atoms with E-state index in [0.717, 1.165) is 56.0 Å². The second-order valence-electron chi connectivity index (χ2n) is 8.85. The number of hydrogen-bond donors (Lipinski definition) is 1. The van der Waals surface area contributed by atoms with Crippen LogP contribution in [0.15, 0.2) is 54.6 Å². The zero-order chi connectivity index (χ0) is 22.7. The van der Waals surface area contributed by atoms with Gasteiger partial charge in [0, 0.05) is 61.2 Å². The topological polar surface area (TPSA) is 65.7 Å². The molecule has 2 N–H and O–H groups in total. The molecule has 1 aliphatic heterocycles. The smallest absolute Gasteiger partial charge is 0.319 e. The Balaban J connectivity index is 1.36. The van der Waals surface area contributed by atoms with Crippen LogP contribution in [0.25, 0.3) is 10.9 Å². The van der Waals surface area contributed by atoms with E-state index in [2.05, 4.69) is 57.2 Å². The van der Waals surface area contributed by atoms with Crippen molar-refractivity contribution in [3.63, 3.8) is 0 Å². The van der Waals surface area contributed by atoms with Crippen LogP contribution in [0.5, 0.6) is 0 Å². The molecule has 0 atom stereocenters. The number of carbonyl (C=O) groups excluding carboxylic acids is 1. The van der Waals surface area contributed by atoms with Gasteiger partial charge in [-0.05, 0) is 69.2 Å². The number of nitrogens with two attached hydrogens (primary N) is 1. The van der Waals surface area contributed by atoms with Crippen molar-refractivity contribution in [2.75, 3.05) is 42.5 Å². The summed E-state index contributed by atoms with van der Waals surface area (Å²) in [5.74, 6) is 0. The molecule has 2 aromatic carbocycles. The number of anilines is 2. The van der Waals surface area contributed by atoms with E-state index < -0.39 is 6.03 Å². The Bertz CT molecular complexity index is 1090. The minimum absolute atomic E-state index is 0.0315. The molecule has 6 heteroatoms. The first-order valence-electron chi connectivity index (χ1n) is 11.4. The summed E-state index contributed by atoms with van der Waals surface area (Å²) in [7, 11) is 0. The summed E-state index contributed by atoms with van der Waals surface area (Å²) in [4.78, 5) is 23.2. The zero-order valence-corrected chi connectivity index (χ0v) is 19.3. The third kappa shape index (κ3) is 4.86. The number of hydrogen-bond acceptors (Lipinski definition) is 4. The number of primary amides is 1. The summed E-state index contributed by atoms with van der Waals surface area (Å²) < 4.78 is 0. The molecule has 0 saturated carbocycles. The third-order valence-corrected chi connectivity index (χ3v) is 6.22. The number of urea groups is 1. The van der Waals surface area contributed by atoms with Gasteiger partial charge in [0.2, 0.25) is 0 Å². The monoisotopic (exact) mass is 431 g/mol. The third-order valence-electron chi connectivity index (χ3n) is 6.22. The molecule has 2 amide bonds. The standard InChI is InChI=1S/C26H33N5O/c1-19(2)31(26(27)32)22-7-4-6-21(18-22)12-13-29-14-16-30(17-15-29)25-9-5-8-24-23(25)11-10-20(3)28-24/h4-11,18-19H,12-17H2,1-3H3,(H2,27,32). The number of nitrogens with zero attached hydrogens (tertiary/aromatic N) is 4. The summed E-state index contributed by atoms with van der Waals surface area (Å²) in [6.45, 7) is 11.1. The predicted octanol–water partition coefficient (Wildman–Crippen LogP) is 4.20. The maximum atomic E-state index is 11.8. The Morgan fingerprint density at radius 3 is 2.53 bits per heavy atom. The van der Waals surface area contributed by atoms with E-state index in [1.165, 1.54) is 16.6 Å². The number of piperazine rings is 1. The lowest BCUT2D eigenvalue weighted by Crippen LogP contribution is -2.47. The van der Waals surface area contributed by atoms with Gasteiger partial charge in [-0.15, -0.1) is 0 Å². The fourth-order valence-electron chi connectivity index (χ4n) is 4.56. The minimum atomic E-state index is -0.410. The highest BCUT2D eigenvalue weighted by molar-refractivity contribution is 5.92. The van der Waals surface area contributed by atoms with Crippen molar-refractivity contribution in [1.82, 2.24) is 9.88 Å². The molecule has 4 rings (SSSR count). The van der Waals surface area contributed by atoms with Crippen LogP contribution in [-0.2, 0) is 6.42 Å². The van der Waals surface area contributed by atoms with Crippen LogP contribution in [-0.4, -0.2) is 54.7 Å². The summed E-state index contributed by atoms with van der Waals surface area (Å²) in [6, 6.07) is 18.5. The van der Waals surface area contributed by atoms with E-state index in [4.69, 9.17) is 5.73 Å². The van der Waals surface area contributed by atoms with Gasteiger partial charge < -0.3 is 10.6 Å². The number of amides is 2. The SMILES string of the molecule is Cc1ccc2c(N3CCN(CCc4cccc(N(C(N)=O)C(C)C)c4)CC3)cccc2n1. The normalized spacial score (nSPS) is 14.8. The molecule has 168 valence electrons. The first-order valence-corrected chi connectivity index (χ1v) is 11.4. The van der Waals surface area contributed by atoms with Crippen molar-refractivity contribution in [3.05, 3.63) is 65.9 Å². The molecule has 0 unspecified atom stereocenters. The molecule has 32 heavy (non-hydrogen) atoms. The van der Waals surface area contributed by atoms with Gasteiger partial charge >= 0.3 is 6.03 Å². The Labute approximate surface area is 190 Å². The first-order chi connectivity index (χ1) is 15.4. The number of aryl methyl sites for hydroxylation is 1. The van der Waals surface area contributed by atoms with Crippen molar-refractivity contribution in [1.29, 1.82) is 0 Å². The van der Waals surface area contributed by atoms with Gasteiger partial charge in [0.15, 0.2) is 0 Å². The summed E-state index contributed by atoms with van der Waals surface area (Å²) in [6.07, 6.45) is 0.954. The molecular weight excluding hydrogens is 398 g/mol. The number of fused-ring (bicyclic) bond motifs is 1. The Kier molecular flexibility index (Phi) is 6.61. The second-order valence-corrected chi connectivity index (χ2v) is 8.85. The van der Waals surface area contributed by atoms with Crippen LogP contribution in [0.4, 0.5) is 16.2 Å². The molecule has 1 fully saturated rings. The average molecular weight is 432 g/mol. The number of benzene rings is 2. The predicted molar refractivity (Wildman–Crippen MR) is 132 cm³/mol. The average Bonchev–Trinajstić information content (AvgIpc) is 2.77. The Morgan fingerprint density at radius 1 is 1.06 bits per heavy atom. The molecule has 2 heterocycles. The van der Waals surface area contributed by atoms with Gasteiger partial charge in [0.25, 0.3) is 0 Å². The minimum Gasteiger partial charge on any atom is -0.368 e. The van der Waals surface area contributed by atoms with Gasteiger partial charge in [-0.25, -0.2) is 4.79 Å². The fourth-order valence-corrected chi connectivity index (χ4v) is 4.56. The van der Waals surface area contributed by atoms with Crippen LogP contribution in [0.3, 0.4) is 0 Å². The molecule has 0 bridgehead atoms. The van der Waals surface area contributed by atoms with Gasteiger partial charge in [0.1, 0.15) is 0 Å². The number of pyridine rings is 1. The van der Waals surface area contributed by atoms with Crippen LogP contribution in [0.2, 0.25) is 0 Å². The molecule has 1 aliphatic rings. The van der Waals surface area contributed by atoms with Crippen LogP contribution < -0.4 is 15.5 Å². The molecule has 0 aliphatic carbocycles. The molecule has 1 aromatic heterocycles. The molecular formula is C26H33N5O. The van der Waals surface area contributed by atoms with E-state index in [1.807, 2.05) is 32.9 Å². The van der Waals surface area contributed by atoms with Crippen LogP contribution in [0, 0.1) is 6.92 Å². The first kappa shape index (κ1) is 22.1. The molecule has 0 spiro atoms. The summed E-state index contributed by atoms with van der Waals surface area (Å²) >= 11 is 0. The zero-order valence-electron chi connectivity index (χ0n) is 19.3. The number of aromatic nitrogens is 1. The Hall–Kier alpha value is -3.12. The highest BCUT2D eigenvalue weighted by Crippen LogP contribution is 2.27. The summed E-state index contributed by atoms with van der Waals surface area (Å²) in [5.41, 5.74) is 11.1. The highest BCUT2D eigenvalue weighted by atomic mass is 16.2. The second kappa shape index (κ2) is 9.57. The lowest BCUT2D eigenvalue weighted by Gasteiger charge is -2.36. The maximum absolute atomic E-state index is 11.8. The van der Waals surface area contributed by atoms with Crippen LogP contribution >= 0.6 is 0 Å². The van der Waals surface area contributed by atoms with Crippen molar-refractivity contribution in [2.24, 2.45) is 5.73 Å². The van der Waals surface area contributed by atoms with Gasteiger partial charge in [-0.1, -0.05) is 18.2 Å².